The van der Waals surface area contributed by atoms with E-state index in [2.05, 4.69) is 38.2 Å². The first-order chi connectivity index (χ1) is 8.41. The van der Waals surface area contributed by atoms with E-state index in [0.717, 1.165) is 12.1 Å². The minimum atomic E-state index is 0.374. The van der Waals surface area contributed by atoms with Crippen LogP contribution in [-0.4, -0.2) is 36.7 Å². The zero-order valence-electron chi connectivity index (χ0n) is 12.2. The lowest BCUT2D eigenvalue weighted by Gasteiger charge is -2.28. The summed E-state index contributed by atoms with van der Waals surface area (Å²) in [5, 5.41) is 13.2. The number of phenols is 1. The standard InChI is InChI=1S/C15H26N2O/c1-11(2)14(17(4)5)10-16-9-13-8-12(3)6-7-15(13)18/h6-8,11,14,16,18H,9-10H2,1-5H3. The molecule has 3 nitrogen and oxygen atoms in total. The number of benzene rings is 1. The molecule has 0 radical (unpaired) electrons. The summed E-state index contributed by atoms with van der Waals surface area (Å²) in [5.41, 5.74) is 2.15. The molecule has 0 saturated carbocycles. The van der Waals surface area contributed by atoms with E-state index < -0.39 is 0 Å². The Labute approximate surface area is 111 Å². The Morgan fingerprint density at radius 2 is 1.94 bits per heavy atom. The minimum absolute atomic E-state index is 0.374. The number of aromatic hydroxyl groups is 1. The number of likely N-dealkylation sites (N-methyl/N-ethyl adjacent to an activating group) is 1. The largest absolute Gasteiger partial charge is 0.508 e. The first-order valence-corrected chi connectivity index (χ1v) is 6.57. The van der Waals surface area contributed by atoms with Crippen LogP contribution in [0.25, 0.3) is 0 Å². The number of hydrogen-bond donors (Lipinski definition) is 2. The summed E-state index contributed by atoms with van der Waals surface area (Å²) in [4.78, 5) is 2.24. The molecular weight excluding hydrogens is 224 g/mol. The van der Waals surface area contributed by atoms with Gasteiger partial charge < -0.3 is 15.3 Å². The molecule has 0 saturated heterocycles. The average molecular weight is 250 g/mol. The molecule has 1 atom stereocenters. The number of nitrogens with zero attached hydrogens (tertiary/aromatic N) is 1. The second-order valence-corrected chi connectivity index (χ2v) is 5.54. The number of rotatable bonds is 6. The van der Waals surface area contributed by atoms with Crippen molar-refractivity contribution in [1.29, 1.82) is 0 Å². The zero-order valence-corrected chi connectivity index (χ0v) is 12.2. The van der Waals surface area contributed by atoms with E-state index in [0.29, 0.717) is 24.3 Å². The summed E-state index contributed by atoms with van der Waals surface area (Å²) >= 11 is 0. The quantitative estimate of drug-likeness (QED) is 0.813. The number of nitrogens with one attached hydrogen (secondary N) is 1. The van der Waals surface area contributed by atoms with Crippen LogP contribution < -0.4 is 5.32 Å². The van der Waals surface area contributed by atoms with Crippen molar-refractivity contribution in [2.45, 2.75) is 33.4 Å². The highest BCUT2D eigenvalue weighted by molar-refractivity contribution is 5.35. The Hall–Kier alpha value is -1.06. The monoisotopic (exact) mass is 250 g/mol. The fraction of sp³-hybridized carbons (Fsp3) is 0.600. The van der Waals surface area contributed by atoms with Gasteiger partial charge in [0.2, 0.25) is 0 Å². The number of hydrogen-bond acceptors (Lipinski definition) is 3. The molecule has 0 aliphatic heterocycles. The van der Waals surface area contributed by atoms with E-state index in [9.17, 15) is 5.11 Å². The third kappa shape index (κ3) is 4.31. The van der Waals surface area contributed by atoms with Crippen LogP contribution in [0.5, 0.6) is 5.75 Å². The summed E-state index contributed by atoms with van der Waals surface area (Å²) in [6.45, 7) is 8.15. The number of aryl methyl sites for hydroxylation is 1. The molecule has 3 heteroatoms. The summed E-state index contributed by atoms with van der Waals surface area (Å²) in [6, 6.07) is 6.23. The van der Waals surface area contributed by atoms with Gasteiger partial charge in [-0.3, -0.25) is 0 Å². The van der Waals surface area contributed by atoms with Crippen LogP contribution in [0.3, 0.4) is 0 Å². The van der Waals surface area contributed by atoms with E-state index in [1.165, 1.54) is 5.56 Å². The Kier molecular flexibility index (Phi) is 5.63. The van der Waals surface area contributed by atoms with Crippen LogP contribution in [0, 0.1) is 12.8 Å². The molecular formula is C15H26N2O. The van der Waals surface area contributed by atoms with Crippen molar-refractivity contribution in [3.05, 3.63) is 29.3 Å². The lowest BCUT2D eigenvalue weighted by atomic mass is 10.0. The smallest absolute Gasteiger partial charge is 0.120 e. The maximum absolute atomic E-state index is 9.77. The Morgan fingerprint density at radius 3 is 2.50 bits per heavy atom. The molecule has 0 amide bonds. The van der Waals surface area contributed by atoms with Gasteiger partial charge in [0.1, 0.15) is 5.75 Å². The predicted molar refractivity (Wildman–Crippen MR) is 76.9 cm³/mol. The second kappa shape index (κ2) is 6.76. The molecule has 0 aromatic heterocycles. The third-order valence-corrected chi connectivity index (χ3v) is 3.34. The topological polar surface area (TPSA) is 35.5 Å². The van der Waals surface area contributed by atoms with E-state index in [4.69, 9.17) is 0 Å². The fourth-order valence-electron chi connectivity index (χ4n) is 2.23. The molecule has 0 fully saturated rings. The summed E-state index contributed by atoms with van der Waals surface area (Å²) in [5.74, 6) is 0.984. The molecule has 0 spiro atoms. The van der Waals surface area contributed by atoms with E-state index in [-0.39, 0.29) is 0 Å². The molecule has 1 rings (SSSR count). The van der Waals surface area contributed by atoms with Gasteiger partial charge in [-0.15, -0.1) is 0 Å². The molecule has 0 bridgehead atoms. The van der Waals surface area contributed by atoms with Gasteiger partial charge in [-0.25, -0.2) is 0 Å². The highest BCUT2D eigenvalue weighted by atomic mass is 16.3. The first-order valence-electron chi connectivity index (χ1n) is 6.57. The molecule has 0 heterocycles. The Morgan fingerprint density at radius 1 is 1.28 bits per heavy atom. The Balaban J connectivity index is 2.52. The lowest BCUT2D eigenvalue weighted by Crippen LogP contribution is -2.41. The van der Waals surface area contributed by atoms with Gasteiger partial charge in [0, 0.05) is 24.7 Å². The van der Waals surface area contributed by atoms with Crippen LogP contribution in [-0.2, 0) is 6.54 Å². The molecule has 102 valence electrons. The fourth-order valence-corrected chi connectivity index (χ4v) is 2.23. The van der Waals surface area contributed by atoms with Gasteiger partial charge in [0.25, 0.3) is 0 Å². The minimum Gasteiger partial charge on any atom is -0.508 e. The maximum atomic E-state index is 9.77. The van der Waals surface area contributed by atoms with Crippen LogP contribution in [0.1, 0.15) is 25.0 Å². The van der Waals surface area contributed by atoms with Crippen molar-refractivity contribution in [2.75, 3.05) is 20.6 Å². The highest BCUT2D eigenvalue weighted by Gasteiger charge is 2.15. The predicted octanol–water partition coefficient (Wildman–Crippen LogP) is 2.38. The van der Waals surface area contributed by atoms with Crippen molar-refractivity contribution >= 4 is 0 Å². The molecule has 1 aromatic rings. The first kappa shape index (κ1) is 15.0. The van der Waals surface area contributed by atoms with E-state index in [1.54, 1.807) is 6.07 Å². The highest BCUT2D eigenvalue weighted by Crippen LogP contribution is 2.17. The second-order valence-electron chi connectivity index (χ2n) is 5.54. The van der Waals surface area contributed by atoms with Crippen molar-refractivity contribution in [1.82, 2.24) is 10.2 Å². The molecule has 2 N–H and O–H groups in total. The van der Waals surface area contributed by atoms with Crippen LogP contribution in [0.15, 0.2) is 18.2 Å². The molecule has 18 heavy (non-hydrogen) atoms. The third-order valence-electron chi connectivity index (χ3n) is 3.34. The Bertz CT molecular complexity index is 367. The van der Waals surface area contributed by atoms with Crippen molar-refractivity contribution in [3.8, 4) is 5.75 Å². The van der Waals surface area contributed by atoms with Crippen molar-refractivity contribution in [3.63, 3.8) is 0 Å². The van der Waals surface area contributed by atoms with E-state index in [1.807, 2.05) is 19.1 Å². The lowest BCUT2D eigenvalue weighted by molar-refractivity contribution is 0.224. The summed E-state index contributed by atoms with van der Waals surface area (Å²) in [6.07, 6.45) is 0. The zero-order chi connectivity index (χ0) is 13.7. The normalized spacial score (nSPS) is 13.3. The molecule has 0 aliphatic carbocycles. The van der Waals surface area contributed by atoms with Crippen LogP contribution in [0.4, 0.5) is 0 Å². The number of phenolic OH excluding ortho intramolecular Hbond substituents is 1. The summed E-state index contributed by atoms with van der Waals surface area (Å²) in [7, 11) is 4.22. The van der Waals surface area contributed by atoms with Crippen LogP contribution in [0.2, 0.25) is 0 Å². The van der Waals surface area contributed by atoms with Crippen molar-refractivity contribution < 1.29 is 5.11 Å². The van der Waals surface area contributed by atoms with Gasteiger partial charge in [0.05, 0.1) is 0 Å². The van der Waals surface area contributed by atoms with Gasteiger partial charge in [0.15, 0.2) is 0 Å². The SMILES string of the molecule is Cc1ccc(O)c(CNCC(C(C)C)N(C)C)c1. The summed E-state index contributed by atoms with van der Waals surface area (Å²) < 4.78 is 0. The van der Waals surface area contributed by atoms with Gasteiger partial charge in [-0.2, -0.15) is 0 Å². The molecule has 0 aliphatic rings. The van der Waals surface area contributed by atoms with E-state index >= 15 is 0 Å². The maximum Gasteiger partial charge on any atom is 0.120 e. The van der Waals surface area contributed by atoms with Gasteiger partial charge in [-0.1, -0.05) is 31.5 Å². The molecule has 1 unspecified atom stereocenters. The van der Waals surface area contributed by atoms with Gasteiger partial charge in [-0.05, 0) is 33.0 Å². The van der Waals surface area contributed by atoms with Crippen molar-refractivity contribution in [2.24, 2.45) is 5.92 Å². The van der Waals surface area contributed by atoms with Gasteiger partial charge >= 0.3 is 0 Å². The average Bonchev–Trinajstić information content (AvgIpc) is 2.27. The molecule has 1 aromatic carbocycles. The van der Waals surface area contributed by atoms with Crippen LogP contribution >= 0.6 is 0 Å².